The molecule has 0 aliphatic heterocycles. The van der Waals surface area contributed by atoms with Gasteiger partial charge < -0.3 is 5.11 Å². The zero-order valence-electron chi connectivity index (χ0n) is 11.4. The van der Waals surface area contributed by atoms with Crippen molar-refractivity contribution in [1.82, 2.24) is 0 Å². The van der Waals surface area contributed by atoms with Gasteiger partial charge >= 0.3 is 11.5 Å². The van der Waals surface area contributed by atoms with Crippen LogP contribution in [0.5, 0.6) is 0 Å². The van der Waals surface area contributed by atoms with Gasteiger partial charge in [0, 0.05) is 12.1 Å². The molecule has 1 atom stereocenters. The van der Waals surface area contributed by atoms with Crippen molar-refractivity contribution in [1.29, 1.82) is 0 Å². The van der Waals surface area contributed by atoms with Crippen LogP contribution >= 0.6 is 0 Å². The van der Waals surface area contributed by atoms with Gasteiger partial charge in [-0.2, -0.15) is 13.2 Å². The summed E-state index contributed by atoms with van der Waals surface area (Å²) in [5, 5.41) is 30.4. The van der Waals surface area contributed by atoms with Gasteiger partial charge in [0.25, 0.3) is 11.4 Å². The highest BCUT2D eigenvalue weighted by Gasteiger charge is 2.43. The average Bonchev–Trinajstić information content (AvgIpc) is 2.42. The summed E-state index contributed by atoms with van der Waals surface area (Å²) in [7, 11) is -9.07. The molecule has 0 amide bonds. The highest BCUT2D eigenvalue weighted by atomic mass is 32.2. The lowest BCUT2D eigenvalue weighted by atomic mass is 10.3. The van der Waals surface area contributed by atoms with Crippen LogP contribution in [0.1, 0.15) is 0 Å². The maximum absolute atomic E-state index is 12.5. The Kier molecular flexibility index (Phi) is 5.48. The minimum absolute atomic E-state index is 0.0642. The first-order valence-electron chi connectivity index (χ1n) is 5.58. The molecule has 0 aliphatic rings. The third-order valence-corrected chi connectivity index (χ3v) is 5.22. The van der Waals surface area contributed by atoms with E-state index in [1.165, 1.54) is 0 Å². The Balaban J connectivity index is 3.91. The van der Waals surface area contributed by atoms with Crippen molar-refractivity contribution < 1.29 is 45.5 Å². The van der Waals surface area contributed by atoms with E-state index >= 15 is 0 Å². The molecule has 1 aromatic carbocycles. The molecule has 138 valence electrons. The Hall–Kier alpha value is -2.62. The Morgan fingerprint density at radius 2 is 1.56 bits per heavy atom. The highest BCUT2D eigenvalue weighted by molar-refractivity contribution is 7.92. The van der Waals surface area contributed by atoms with Gasteiger partial charge in [0.15, 0.2) is 16.6 Å². The SMILES string of the molecule is O=C(O)CS(=O)(=O)c1c([N+](=O)[O-])cc(S(=O)C(F)(F)F)cc1[N+](=O)[O-]. The minimum Gasteiger partial charge on any atom is -0.480 e. The fraction of sp³-hybridized carbons (Fsp3) is 0.222. The molecule has 0 bridgehead atoms. The monoisotopic (exact) mass is 406 g/mol. The van der Waals surface area contributed by atoms with E-state index in [4.69, 9.17) is 5.11 Å². The predicted octanol–water partition coefficient (Wildman–Crippen LogP) is 0.989. The molecule has 16 heteroatoms. The number of halogens is 3. The molecule has 0 heterocycles. The van der Waals surface area contributed by atoms with Gasteiger partial charge in [0.05, 0.1) is 14.7 Å². The molecule has 0 radical (unpaired) electrons. The molecule has 0 aliphatic carbocycles. The first-order valence-corrected chi connectivity index (χ1v) is 8.38. The van der Waals surface area contributed by atoms with Crippen LogP contribution in [0, 0.1) is 20.2 Å². The molecular weight excluding hydrogens is 401 g/mol. The lowest BCUT2D eigenvalue weighted by Crippen LogP contribution is -2.20. The summed E-state index contributed by atoms with van der Waals surface area (Å²) in [6.45, 7) is 0. The van der Waals surface area contributed by atoms with Crippen molar-refractivity contribution in [2.45, 2.75) is 15.3 Å². The van der Waals surface area contributed by atoms with Crippen LogP contribution in [0.2, 0.25) is 0 Å². The number of nitro groups is 2. The lowest BCUT2D eigenvalue weighted by molar-refractivity contribution is -0.400. The summed E-state index contributed by atoms with van der Waals surface area (Å²) in [5.41, 5.74) is -8.81. The van der Waals surface area contributed by atoms with E-state index in [9.17, 15) is 50.8 Å². The maximum Gasteiger partial charge on any atom is 0.475 e. The number of benzene rings is 1. The molecule has 1 rings (SSSR count). The van der Waals surface area contributed by atoms with E-state index in [0.717, 1.165) is 0 Å². The third kappa shape index (κ3) is 4.47. The quantitative estimate of drug-likeness (QED) is 0.533. The van der Waals surface area contributed by atoms with E-state index < -0.39 is 68.9 Å². The Bertz CT molecular complexity index is 859. The first-order chi connectivity index (χ1) is 11.2. The Morgan fingerprint density at radius 3 is 1.84 bits per heavy atom. The largest absolute Gasteiger partial charge is 0.480 e. The zero-order chi connectivity index (χ0) is 19.7. The van der Waals surface area contributed by atoms with E-state index in [1.807, 2.05) is 0 Å². The van der Waals surface area contributed by atoms with Gasteiger partial charge in [-0.25, -0.2) is 12.6 Å². The number of aliphatic carboxylic acids is 1. The standard InChI is InChI=1S/C9H5F3N2O9S2/c10-9(11,12)24(21)4-1-5(13(17)18)8(6(2-4)14(19)20)25(22,23)3-7(15)16/h1-2H,3H2,(H,15,16). The number of sulfone groups is 1. The van der Waals surface area contributed by atoms with Crippen LogP contribution in [-0.2, 0) is 25.4 Å². The second kappa shape index (κ2) is 6.71. The van der Waals surface area contributed by atoms with Gasteiger partial charge in [0.2, 0.25) is 14.7 Å². The number of rotatable bonds is 6. The van der Waals surface area contributed by atoms with Crippen LogP contribution in [-0.4, -0.2) is 44.8 Å². The molecule has 1 aromatic rings. The molecule has 1 N–H and O–H groups in total. The maximum atomic E-state index is 12.5. The second-order valence-electron chi connectivity index (χ2n) is 4.17. The van der Waals surface area contributed by atoms with E-state index in [-0.39, 0.29) is 12.1 Å². The van der Waals surface area contributed by atoms with Gasteiger partial charge in [-0.15, -0.1) is 0 Å². The Labute approximate surface area is 137 Å². The van der Waals surface area contributed by atoms with Gasteiger partial charge in [0.1, 0.15) is 0 Å². The highest BCUT2D eigenvalue weighted by Crippen LogP contribution is 2.38. The van der Waals surface area contributed by atoms with Gasteiger partial charge in [-0.3, -0.25) is 25.0 Å². The molecule has 0 saturated carbocycles. The summed E-state index contributed by atoms with van der Waals surface area (Å²) in [4.78, 5) is 26.2. The number of carbonyl (C=O) groups is 1. The van der Waals surface area contributed by atoms with Crippen molar-refractivity contribution in [2.75, 3.05) is 5.75 Å². The van der Waals surface area contributed by atoms with Crippen LogP contribution in [0.15, 0.2) is 21.9 Å². The number of hydrogen-bond acceptors (Lipinski definition) is 8. The van der Waals surface area contributed by atoms with Crippen LogP contribution in [0.4, 0.5) is 24.5 Å². The molecule has 1 unspecified atom stereocenters. The molecule has 0 saturated heterocycles. The van der Waals surface area contributed by atoms with E-state index in [2.05, 4.69) is 0 Å². The molecule has 0 aromatic heterocycles. The summed E-state index contributed by atoms with van der Waals surface area (Å²) in [6, 6.07) is -0.128. The van der Waals surface area contributed by atoms with Crippen molar-refractivity contribution >= 4 is 38.0 Å². The van der Waals surface area contributed by atoms with Crippen molar-refractivity contribution in [3.05, 3.63) is 32.4 Å². The lowest BCUT2D eigenvalue weighted by Gasteiger charge is -2.09. The van der Waals surface area contributed by atoms with Gasteiger partial charge in [-0.1, -0.05) is 0 Å². The summed E-state index contributed by atoms with van der Waals surface area (Å²) < 4.78 is 72.4. The third-order valence-electron chi connectivity index (χ3n) is 2.47. The molecular formula is C9H5F3N2O9S2. The zero-order valence-corrected chi connectivity index (χ0v) is 13.1. The van der Waals surface area contributed by atoms with E-state index in [0.29, 0.717) is 0 Å². The fourth-order valence-corrected chi connectivity index (χ4v) is 3.72. The number of carboxylic acids is 1. The van der Waals surface area contributed by atoms with Crippen molar-refractivity contribution in [3.8, 4) is 0 Å². The second-order valence-corrected chi connectivity index (χ2v) is 7.57. The Morgan fingerprint density at radius 1 is 1.16 bits per heavy atom. The predicted molar refractivity (Wildman–Crippen MR) is 71.9 cm³/mol. The van der Waals surface area contributed by atoms with Crippen LogP contribution in [0.25, 0.3) is 0 Å². The number of nitrogens with zero attached hydrogens (tertiary/aromatic N) is 2. The summed E-state index contributed by atoms with van der Waals surface area (Å²) in [6.07, 6.45) is 0. The number of alkyl halides is 3. The number of nitro benzene ring substituents is 2. The van der Waals surface area contributed by atoms with Crippen LogP contribution < -0.4 is 0 Å². The normalized spacial score (nSPS) is 13.2. The van der Waals surface area contributed by atoms with Crippen molar-refractivity contribution in [2.24, 2.45) is 0 Å². The van der Waals surface area contributed by atoms with Gasteiger partial charge in [-0.05, 0) is 0 Å². The first kappa shape index (κ1) is 20.4. The average molecular weight is 406 g/mol. The molecule has 11 nitrogen and oxygen atoms in total. The topological polar surface area (TPSA) is 175 Å². The van der Waals surface area contributed by atoms with E-state index in [1.54, 1.807) is 0 Å². The molecule has 25 heavy (non-hydrogen) atoms. The fourth-order valence-electron chi connectivity index (χ4n) is 1.64. The number of hydrogen-bond donors (Lipinski definition) is 1. The minimum atomic E-state index is -5.43. The summed E-state index contributed by atoms with van der Waals surface area (Å²) in [5.74, 6) is -3.79. The summed E-state index contributed by atoms with van der Waals surface area (Å²) >= 11 is 0. The molecule has 0 spiro atoms. The van der Waals surface area contributed by atoms with Crippen LogP contribution in [0.3, 0.4) is 0 Å². The molecule has 0 fully saturated rings. The number of carboxylic acid groups (broad SMARTS) is 1. The smallest absolute Gasteiger partial charge is 0.475 e. The van der Waals surface area contributed by atoms with Crippen molar-refractivity contribution in [3.63, 3.8) is 0 Å².